The Labute approximate surface area is 203 Å². The van der Waals surface area contributed by atoms with Crippen LogP contribution in [0, 0.1) is 29.2 Å². The van der Waals surface area contributed by atoms with Crippen molar-refractivity contribution < 1.29 is 32.1 Å². The first-order valence-electron chi connectivity index (χ1n) is 12.9. The van der Waals surface area contributed by atoms with E-state index in [1.54, 1.807) is 0 Å². The zero-order valence-electron chi connectivity index (χ0n) is 21.6. The molecule has 0 radical (unpaired) electrons. The summed E-state index contributed by atoms with van der Waals surface area (Å²) in [5.74, 6) is -8.19. The standard InChI is InChI=1S/C27H44F4O3/c1-6-7-8-9-10-13-16-22(27(32,33-19(2)3)34-20(4)5)17-14-11-12-15-21-18-23(28)25(30)26(31)24(21)29/h18-20,22,32H,6-17H2,1-5H3. The zero-order chi connectivity index (χ0) is 25.7. The Kier molecular flexibility index (Phi) is 14.3. The van der Waals surface area contributed by atoms with Crippen LogP contribution in [0.25, 0.3) is 0 Å². The van der Waals surface area contributed by atoms with Gasteiger partial charge in [0.05, 0.1) is 12.2 Å². The molecule has 0 heterocycles. The number of hydrogen-bond acceptors (Lipinski definition) is 3. The summed E-state index contributed by atoms with van der Waals surface area (Å²) in [6, 6.07) is 0.723. The molecule has 0 aliphatic rings. The van der Waals surface area contributed by atoms with Crippen molar-refractivity contribution in [1.82, 2.24) is 0 Å². The molecule has 0 saturated carbocycles. The van der Waals surface area contributed by atoms with Crippen LogP contribution in [0.3, 0.4) is 0 Å². The molecule has 34 heavy (non-hydrogen) atoms. The maximum atomic E-state index is 13.9. The van der Waals surface area contributed by atoms with Gasteiger partial charge in [-0.05, 0) is 65.0 Å². The van der Waals surface area contributed by atoms with Crippen molar-refractivity contribution in [3.05, 3.63) is 34.9 Å². The van der Waals surface area contributed by atoms with E-state index in [1.807, 2.05) is 27.7 Å². The van der Waals surface area contributed by atoms with Gasteiger partial charge in [0, 0.05) is 5.92 Å². The van der Waals surface area contributed by atoms with Crippen LogP contribution in [0.2, 0.25) is 0 Å². The Morgan fingerprint density at radius 1 is 0.735 bits per heavy atom. The van der Waals surface area contributed by atoms with Crippen molar-refractivity contribution >= 4 is 0 Å². The van der Waals surface area contributed by atoms with Crippen molar-refractivity contribution in [2.75, 3.05) is 0 Å². The lowest BCUT2D eigenvalue weighted by atomic mass is 9.91. The average molecular weight is 493 g/mol. The van der Waals surface area contributed by atoms with Crippen LogP contribution in [-0.2, 0) is 15.9 Å². The first kappa shape index (κ1) is 30.9. The maximum Gasteiger partial charge on any atom is 0.283 e. The van der Waals surface area contributed by atoms with E-state index in [0.29, 0.717) is 25.7 Å². The minimum Gasteiger partial charge on any atom is -0.343 e. The van der Waals surface area contributed by atoms with Crippen LogP contribution in [-0.4, -0.2) is 23.3 Å². The Balaban J connectivity index is 2.71. The zero-order valence-corrected chi connectivity index (χ0v) is 21.6. The number of rotatable bonds is 18. The first-order valence-corrected chi connectivity index (χ1v) is 12.9. The molecular formula is C27H44F4O3. The molecule has 1 atom stereocenters. The van der Waals surface area contributed by atoms with E-state index < -0.39 is 29.2 Å². The van der Waals surface area contributed by atoms with E-state index in [-0.39, 0.29) is 30.1 Å². The largest absolute Gasteiger partial charge is 0.343 e. The lowest BCUT2D eigenvalue weighted by Crippen LogP contribution is -2.47. The normalized spacial score (nSPS) is 13.3. The molecule has 1 aromatic rings. The van der Waals surface area contributed by atoms with Gasteiger partial charge in [-0.2, -0.15) is 0 Å². The number of hydrogen-bond donors (Lipinski definition) is 1. The predicted molar refractivity (Wildman–Crippen MR) is 127 cm³/mol. The Morgan fingerprint density at radius 2 is 1.24 bits per heavy atom. The average Bonchev–Trinajstić information content (AvgIpc) is 2.74. The lowest BCUT2D eigenvalue weighted by Gasteiger charge is -2.38. The molecule has 0 saturated heterocycles. The van der Waals surface area contributed by atoms with Gasteiger partial charge in [0.25, 0.3) is 5.97 Å². The monoisotopic (exact) mass is 492 g/mol. The summed E-state index contributed by atoms with van der Waals surface area (Å²) in [6.45, 7) is 9.59. The molecule has 198 valence electrons. The molecule has 0 aliphatic heterocycles. The van der Waals surface area contributed by atoms with Gasteiger partial charge in [0.1, 0.15) is 0 Å². The second kappa shape index (κ2) is 15.7. The third-order valence-electron chi connectivity index (χ3n) is 5.91. The van der Waals surface area contributed by atoms with E-state index in [1.165, 1.54) is 19.3 Å². The van der Waals surface area contributed by atoms with Crippen LogP contribution in [0.5, 0.6) is 0 Å². The van der Waals surface area contributed by atoms with Crippen LogP contribution in [0.15, 0.2) is 6.07 Å². The van der Waals surface area contributed by atoms with Crippen molar-refractivity contribution in [3.63, 3.8) is 0 Å². The SMILES string of the molecule is CCCCCCCCC(CCCCCc1cc(F)c(F)c(F)c1F)C(O)(OC(C)C)OC(C)C. The molecule has 1 N–H and O–H groups in total. The van der Waals surface area contributed by atoms with Crippen molar-refractivity contribution in [2.45, 2.75) is 130 Å². The highest BCUT2D eigenvalue weighted by molar-refractivity contribution is 5.21. The number of aryl methyl sites for hydroxylation is 1. The summed E-state index contributed by atoms with van der Waals surface area (Å²) >= 11 is 0. The first-order chi connectivity index (χ1) is 16.0. The maximum absolute atomic E-state index is 13.9. The second-order valence-electron chi connectivity index (χ2n) is 9.78. The highest BCUT2D eigenvalue weighted by Gasteiger charge is 2.40. The summed E-state index contributed by atoms with van der Waals surface area (Å²) in [6.07, 6.45) is 9.73. The lowest BCUT2D eigenvalue weighted by molar-refractivity contribution is -0.407. The summed E-state index contributed by atoms with van der Waals surface area (Å²) in [5.41, 5.74) is -0.164. The molecule has 7 heteroatoms. The molecule has 0 spiro atoms. The summed E-state index contributed by atoms with van der Waals surface area (Å²) in [5, 5.41) is 11.3. The topological polar surface area (TPSA) is 38.7 Å². The fourth-order valence-corrected chi connectivity index (χ4v) is 4.26. The number of unbranched alkanes of at least 4 members (excludes halogenated alkanes) is 7. The molecule has 0 aromatic heterocycles. The van der Waals surface area contributed by atoms with Gasteiger partial charge >= 0.3 is 0 Å². The smallest absolute Gasteiger partial charge is 0.283 e. The molecule has 0 fully saturated rings. The minimum atomic E-state index is -1.78. The Hall–Kier alpha value is -1.18. The minimum absolute atomic E-state index is 0.108. The number of aliphatic hydroxyl groups is 1. The van der Waals surface area contributed by atoms with Gasteiger partial charge < -0.3 is 14.6 Å². The summed E-state index contributed by atoms with van der Waals surface area (Å²) in [7, 11) is 0. The highest BCUT2D eigenvalue weighted by Crippen LogP contribution is 2.33. The number of benzene rings is 1. The predicted octanol–water partition coefficient (Wildman–Crippen LogP) is 8.21. The Morgan fingerprint density at radius 3 is 1.76 bits per heavy atom. The number of halogens is 4. The van der Waals surface area contributed by atoms with Gasteiger partial charge in [-0.3, -0.25) is 0 Å². The van der Waals surface area contributed by atoms with E-state index in [0.717, 1.165) is 31.7 Å². The third-order valence-corrected chi connectivity index (χ3v) is 5.91. The molecule has 1 rings (SSSR count). The molecule has 0 aliphatic carbocycles. The van der Waals surface area contributed by atoms with Crippen molar-refractivity contribution in [3.8, 4) is 0 Å². The van der Waals surface area contributed by atoms with Gasteiger partial charge in [-0.1, -0.05) is 58.3 Å². The Bertz CT molecular complexity index is 700. The van der Waals surface area contributed by atoms with Crippen LogP contribution in [0.4, 0.5) is 17.6 Å². The molecule has 1 aromatic carbocycles. The molecule has 0 bridgehead atoms. The molecule has 1 unspecified atom stereocenters. The molecular weight excluding hydrogens is 448 g/mol. The summed E-state index contributed by atoms with van der Waals surface area (Å²) in [4.78, 5) is 0. The number of ether oxygens (including phenoxy) is 2. The highest BCUT2D eigenvalue weighted by atomic mass is 19.2. The van der Waals surface area contributed by atoms with Crippen LogP contribution >= 0.6 is 0 Å². The van der Waals surface area contributed by atoms with Gasteiger partial charge in [-0.15, -0.1) is 0 Å². The quantitative estimate of drug-likeness (QED) is 0.0738. The van der Waals surface area contributed by atoms with Crippen LogP contribution in [0.1, 0.15) is 111 Å². The fraction of sp³-hybridized carbons (Fsp3) is 0.778. The van der Waals surface area contributed by atoms with E-state index >= 15 is 0 Å². The summed E-state index contributed by atoms with van der Waals surface area (Å²) < 4.78 is 65.6. The van der Waals surface area contributed by atoms with Crippen molar-refractivity contribution in [1.29, 1.82) is 0 Å². The fourth-order valence-electron chi connectivity index (χ4n) is 4.26. The van der Waals surface area contributed by atoms with E-state index in [9.17, 15) is 22.7 Å². The molecule has 3 nitrogen and oxygen atoms in total. The van der Waals surface area contributed by atoms with Crippen molar-refractivity contribution in [2.24, 2.45) is 5.92 Å². The van der Waals surface area contributed by atoms with Gasteiger partial charge in [0.2, 0.25) is 0 Å². The van der Waals surface area contributed by atoms with Crippen LogP contribution < -0.4 is 0 Å². The molecule has 0 amide bonds. The van der Waals surface area contributed by atoms with Gasteiger partial charge in [-0.25, -0.2) is 17.6 Å². The third kappa shape index (κ3) is 10.6. The van der Waals surface area contributed by atoms with Gasteiger partial charge in [0.15, 0.2) is 23.3 Å². The van der Waals surface area contributed by atoms with E-state index in [4.69, 9.17) is 9.47 Å². The van der Waals surface area contributed by atoms with E-state index in [2.05, 4.69) is 6.92 Å². The second-order valence-corrected chi connectivity index (χ2v) is 9.78.